The van der Waals surface area contributed by atoms with E-state index in [9.17, 15) is 9.59 Å². The van der Waals surface area contributed by atoms with Gasteiger partial charge < -0.3 is 19.1 Å². The van der Waals surface area contributed by atoms with Crippen molar-refractivity contribution in [2.24, 2.45) is 0 Å². The highest BCUT2D eigenvalue weighted by atomic mass is 16.6. The lowest BCUT2D eigenvalue weighted by molar-refractivity contribution is -0.133. The first-order chi connectivity index (χ1) is 13.1. The number of fused-ring (bicyclic) bond motifs is 1. The second kappa shape index (κ2) is 8.40. The van der Waals surface area contributed by atoms with Crippen molar-refractivity contribution in [1.29, 1.82) is 0 Å². The minimum Gasteiger partial charge on any atom is -0.486 e. The van der Waals surface area contributed by atoms with Crippen LogP contribution < -0.4 is 14.4 Å². The van der Waals surface area contributed by atoms with Crippen molar-refractivity contribution in [3.63, 3.8) is 0 Å². The Morgan fingerprint density at radius 1 is 1.19 bits per heavy atom. The van der Waals surface area contributed by atoms with Crippen LogP contribution in [-0.4, -0.2) is 39.2 Å². The molecule has 2 aromatic rings. The van der Waals surface area contributed by atoms with Crippen molar-refractivity contribution in [1.82, 2.24) is 0 Å². The number of ether oxygens (including phenoxy) is 3. The molecule has 0 unspecified atom stereocenters. The van der Waals surface area contributed by atoms with Gasteiger partial charge in [-0.2, -0.15) is 0 Å². The van der Waals surface area contributed by atoms with E-state index >= 15 is 0 Å². The Balaban J connectivity index is 1.76. The largest absolute Gasteiger partial charge is 0.486 e. The van der Waals surface area contributed by atoms with E-state index in [-0.39, 0.29) is 0 Å². The molecule has 0 radical (unpaired) electrons. The Morgan fingerprint density at radius 2 is 1.93 bits per heavy atom. The highest BCUT2D eigenvalue weighted by Crippen LogP contribution is 2.33. The molecule has 0 bridgehead atoms. The third-order valence-corrected chi connectivity index (χ3v) is 4.38. The number of methoxy groups -OCH3 is 1. The molecule has 0 atom stereocenters. The van der Waals surface area contributed by atoms with E-state index in [4.69, 9.17) is 14.2 Å². The van der Waals surface area contributed by atoms with Gasteiger partial charge in [-0.3, -0.25) is 4.79 Å². The van der Waals surface area contributed by atoms with E-state index in [0.29, 0.717) is 43.3 Å². The maximum atomic E-state index is 11.8. The number of anilines is 1. The number of carbonyl (C=O) groups is 2. The molecule has 1 aliphatic rings. The molecule has 0 spiro atoms. The SMILES string of the molecule is C=C(C(=O)OC)c1ccccc1CCN(C=O)c1ccc2c(c1)OCCO2. The Morgan fingerprint density at radius 3 is 2.67 bits per heavy atom. The summed E-state index contributed by atoms with van der Waals surface area (Å²) in [6.07, 6.45) is 1.34. The number of hydrogen-bond acceptors (Lipinski definition) is 5. The summed E-state index contributed by atoms with van der Waals surface area (Å²) in [5.41, 5.74) is 2.65. The summed E-state index contributed by atoms with van der Waals surface area (Å²) in [4.78, 5) is 25.0. The van der Waals surface area contributed by atoms with Gasteiger partial charge in [-0.1, -0.05) is 30.8 Å². The normalized spacial score (nSPS) is 12.2. The molecule has 140 valence electrons. The number of carbonyl (C=O) groups excluding carboxylic acids is 2. The lowest BCUT2D eigenvalue weighted by atomic mass is 9.98. The number of esters is 1. The van der Waals surface area contributed by atoms with Gasteiger partial charge in [0, 0.05) is 18.3 Å². The summed E-state index contributed by atoms with van der Waals surface area (Å²) in [5.74, 6) is 0.835. The molecule has 2 aromatic carbocycles. The fraction of sp³-hybridized carbons (Fsp3) is 0.238. The average molecular weight is 367 g/mol. The third-order valence-electron chi connectivity index (χ3n) is 4.38. The molecule has 0 N–H and O–H groups in total. The van der Waals surface area contributed by atoms with Crippen molar-refractivity contribution >= 4 is 23.6 Å². The summed E-state index contributed by atoms with van der Waals surface area (Å²) < 4.78 is 15.9. The lowest BCUT2D eigenvalue weighted by Gasteiger charge is -2.23. The standard InChI is InChI=1S/C21H21NO5/c1-15(21(24)25-2)18-6-4-3-5-16(18)9-10-22(14-23)17-7-8-19-20(13-17)27-12-11-26-19/h3-8,13-14H,1,9-12H2,2H3. The van der Waals surface area contributed by atoms with E-state index < -0.39 is 5.97 Å². The van der Waals surface area contributed by atoms with Crippen molar-refractivity contribution in [2.75, 3.05) is 31.8 Å². The van der Waals surface area contributed by atoms with E-state index in [1.807, 2.05) is 30.3 Å². The van der Waals surface area contributed by atoms with E-state index in [2.05, 4.69) is 6.58 Å². The van der Waals surface area contributed by atoms with Crippen LogP contribution >= 0.6 is 0 Å². The van der Waals surface area contributed by atoms with Crippen molar-refractivity contribution in [3.05, 3.63) is 60.2 Å². The molecule has 0 aromatic heterocycles. The van der Waals surface area contributed by atoms with Gasteiger partial charge in [-0.15, -0.1) is 0 Å². The predicted molar refractivity (Wildman–Crippen MR) is 102 cm³/mol. The molecule has 0 saturated heterocycles. The van der Waals surface area contributed by atoms with Crippen LogP contribution in [0.1, 0.15) is 11.1 Å². The summed E-state index contributed by atoms with van der Waals surface area (Å²) in [6, 6.07) is 12.9. The highest BCUT2D eigenvalue weighted by Gasteiger charge is 2.16. The van der Waals surface area contributed by atoms with Gasteiger partial charge >= 0.3 is 5.97 Å². The molecule has 3 rings (SSSR count). The maximum Gasteiger partial charge on any atom is 0.337 e. The Kier molecular flexibility index (Phi) is 5.76. The van der Waals surface area contributed by atoms with Crippen LogP contribution in [0.5, 0.6) is 11.5 Å². The van der Waals surface area contributed by atoms with Gasteiger partial charge in [-0.05, 0) is 29.7 Å². The molecule has 0 aliphatic carbocycles. The Hall–Kier alpha value is -3.28. The van der Waals surface area contributed by atoms with Crippen molar-refractivity contribution in [3.8, 4) is 11.5 Å². The Labute approximate surface area is 158 Å². The first-order valence-electron chi connectivity index (χ1n) is 8.61. The minimum atomic E-state index is -0.471. The fourth-order valence-corrected chi connectivity index (χ4v) is 2.96. The number of amides is 1. The maximum absolute atomic E-state index is 11.8. The molecule has 27 heavy (non-hydrogen) atoms. The summed E-state index contributed by atoms with van der Waals surface area (Å²) in [6.45, 7) is 5.27. The van der Waals surface area contributed by atoms with Crippen LogP contribution in [0.3, 0.4) is 0 Å². The number of hydrogen-bond donors (Lipinski definition) is 0. The molecule has 1 heterocycles. The van der Waals surface area contributed by atoms with Crippen LogP contribution in [0.15, 0.2) is 49.0 Å². The van der Waals surface area contributed by atoms with Crippen LogP contribution in [0, 0.1) is 0 Å². The van der Waals surface area contributed by atoms with Gasteiger partial charge in [0.2, 0.25) is 6.41 Å². The summed E-state index contributed by atoms with van der Waals surface area (Å²) in [7, 11) is 1.33. The van der Waals surface area contributed by atoms with Crippen molar-refractivity contribution in [2.45, 2.75) is 6.42 Å². The zero-order valence-electron chi connectivity index (χ0n) is 15.1. The van der Waals surface area contributed by atoms with Crippen LogP contribution in [-0.2, 0) is 20.7 Å². The quantitative estimate of drug-likeness (QED) is 0.428. The zero-order valence-corrected chi connectivity index (χ0v) is 15.1. The lowest BCUT2D eigenvalue weighted by Crippen LogP contribution is -2.25. The molecule has 1 amide bonds. The fourth-order valence-electron chi connectivity index (χ4n) is 2.96. The minimum absolute atomic E-state index is 0.296. The number of benzene rings is 2. The molecule has 6 nitrogen and oxygen atoms in total. The monoisotopic (exact) mass is 367 g/mol. The van der Waals surface area contributed by atoms with Gasteiger partial charge in [0.1, 0.15) is 13.2 Å². The third kappa shape index (κ3) is 4.11. The molecule has 6 heteroatoms. The van der Waals surface area contributed by atoms with E-state index in [1.54, 1.807) is 17.0 Å². The number of rotatable bonds is 7. The van der Waals surface area contributed by atoms with Gasteiger partial charge in [0.05, 0.1) is 12.7 Å². The predicted octanol–water partition coefficient (Wildman–Crippen LogP) is 2.85. The van der Waals surface area contributed by atoms with Gasteiger partial charge in [-0.25, -0.2) is 4.79 Å². The topological polar surface area (TPSA) is 65.1 Å². The van der Waals surface area contributed by atoms with Crippen molar-refractivity contribution < 1.29 is 23.8 Å². The molecule has 1 aliphatic heterocycles. The van der Waals surface area contributed by atoms with Gasteiger partial charge in [0.15, 0.2) is 11.5 Å². The number of nitrogens with zero attached hydrogens (tertiary/aromatic N) is 1. The average Bonchev–Trinajstić information content (AvgIpc) is 2.73. The molecule has 0 fully saturated rings. The first-order valence-corrected chi connectivity index (χ1v) is 8.61. The Bertz CT molecular complexity index is 861. The van der Waals surface area contributed by atoms with Gasteiger partial charge in [0.25, 0.3) is 0 Å². The van der Waals surface area contributed by atoms with Crippen LogP contribution in [0.25, 0.3) is 5.57 Å². The second-order valence-corrected chi connectivity index (χ2v) is 6.00. The first kappa shape index (κ1) is 18.5. The molecular formula is C21H21NO5. The van der Waals surface area contributed by atoms with E-state index in [1.165, 1.54) is 7.11 Å². The second-order valence-electron chi connectivity index (χ2n) is 6.00. The highest BCUT2D eigenvalue weighted by molar-refractivity contribution is 6.16. The molecular weight excluding hydrogens is 346 g/mol. The molecule has 0 saturated carbocycles. The van der Waals surface area contributed by atoms with Crippen LogP contribution in [0.4, 0.5) is 5.69 Å². The van der Waals surface area contributed by atoms with Crippen LogP contribution in [0.2, 0.25) is 0 Å². The summed E-state index contributed by atoms with van der Waals surface area (Å²) >= 11 is 0. The van der Waals surface area contributed by atoms with E-state index in [0.717, 1.165) is 23.2 Å². The summed E-state index contributed by atoms with van der Waals surface area (Å²) in [5, 5.41) is 0. The zero-order chi connectivity index (χ0) is 19.2. The smallest absolute Gasteiger partial charge is 0.337 e.